The van der Waals surface area contributed by atoms with E-state index in [0.29, 0.717) is 65.0 Å². The topological polar surface area (TPSA) is 123 Å². The number of likely N-dealkylation sites (tertiary alicyclic amines) is 1. The summed E-state index contributed by atoms with van der Waals surface area (Å²) in [7, 11) is 1.81. The first kappa shape index (κ1) is 50.2. The Bertz CT molecular complexity index is 1800. The Morgan fingerprint density at radius 3 is 1.92 bits per heavy atom. The van der Waals surface area contributed by atoms with Gasteiger partial charge in [0.2, 0.25) is 11.8 Å². The summed E-state index contributed by atoms with van der Waals surface area (Å²) in [5.74, 6) is 4.29. The summed E-state index contributed by atoms with van der Waals surface area (Å²) >= 11 is 0. The van der Waals surface area contributed by atoms with Gasteiger partial charge in [0.25, 0.3) is 8.53 Å². The van der Waals surface area contributed by atoms with Crippen molar-refractivity contribution in [3.05, 3.63) is 95.6 Å². The van der Waals surface area contributed by atoms with E-state index in [0.717, 1.165) is 60.3 Å². The molecule has 1 heterocycles. The minimum absolute atomic E-state index is 0.0549. The Labute approximate surface area is 372 Å². The van der Waals surface area contributed by atoms with Crippen LogP contribution in [0.25, 0.3) is 0 Å². The number of carbonyl (C=O) groups excluding carboxylic acids is 2. The number of piperidine rings is 1. The zero-order valence-corrected chi connectivity index (χ0v) is 38.8. The summed E-state index contributed by atoms with van der Waals surface area (Å²) < 4.78 is 34.2. The molecule has 0 aliphatic carbocycles. The molecule has 62 heavy (non-hydrogen) atoms. The Morgan fingerprint density at radius 1 is 0.790 bits per heavy atom. The second-order valence-electron chi connectivity index (χ2n) is 16.6. The van der Waals surface area contributed by atoms with E-state index in [1.807, 2.05) is 47.4 Å². The third-order valence-electron chi connectivity index (χ3n) is 11.5. The van der Waals surface area contributed by atoms with Gasteiger partial charge in [-0.2, -0.15) is 5.26 Å². The fourth-order valence-electron chi connectivity index (χ4n) is 7.97. The molecule has 1 atom stereocenters. The number of hydrogen-bond donors (Lipinski definition) is 1. The zero-order valence-electron chi connectivity index (χ0n) is 37.9. The van der Waals surface area contributed by atoms with Crippen molar-refractivity contribution in [2.75, 3.05) is 53.7 Å². The Hall–Kier alpha value is -4.48. The molecular formula is C50H69N4O7P. The van der Waals surface area contributed by atoms with E-state index < -0.39 is 19.5 Å². The van der Waals surface area contributed by atoms with E-state index in [-0.39, 0.29) is 36.9 Å². The Balaban J connectivity index is 1.60. The quantitative estimate of drug-likeness (QED) is 0.0345. The lowest BCUT2D eigenvalue weighted by Crippen LogP contribution is -2.48. The summed E-state index contributed by atoms with van der Waals surface area (Å²) in [6.45, 7) is 11.2. The van der Waals surface area contributed by atoms with Crippen molar-refractivity contribution in [1.29, 1.82) is 5.26 Å². The van der Waals surface area contributed by atoms with Gasteiger partial charge in [0.15, 0.2) is 0 Å². The van der Waals surface area contributed by atoms with Crippen LogP contribution in [0, 0.1) is 29.1 Å². The molecule has 3 aromatic carbocycles. The minimum atomic E-state index is -1.51. The van der Waals surface area contributed by atoms with Crippen molar-refractivity contribution in [3.8, 4) is 29.9 Å². The van der Waals surface area contributed by atoms with Crippen LogP contribution in [-0.2, 0) is 29.0 Å². The number of rotatable bonds is 27. The molecule has 1 aliphatic rings. The molecule has 336 valence electrons. The second kappa shape index (κ2) is 26.2. The van der Waals surface area contributed by atoms with Gasteiger partial charge in [-0.05, 0) is 107 Å². The van der Waals surface area contributed by atoms with E-state index in [9.17, 15) is 14.9 Å². The SMILES string of the molecule is C#CCCCCC(=O)NCCCCCC(=O)N1CCC(COP(OCCC#N)N(C(C)C)C(C)C)(COC(c2ccccc2)(c2ccc(OC)cc2)c2ccc(OC)cc2)CC1. The van der Waals surface area contributed by atoms with Crippen LogP contribution in [0.4, 0.5) is 0 Å². The van der Waals surface area contributed by atoms with Crippen LogP contribution in [0.2, 0.25) is 0 Å². The summed E-state index contributed by atoms with van der Waals surface area (Å²) in [6.07, 6.45) is 12.6. The lowest BCUT2D eigenvalue weighted by atomic mass is 9.77. The molecule has 3 aromatic rings. The molecule has 0 spiro atoms. The smallest absolute Gasteiger partial charge is 0.259 e. The highest BCUT2D eigenvalue weighted by Crippen LogP contribution is 2.50. The van der Waals surface area contributed by atoms with Crippen LogP contribution in [-0.4, -0.2) is 87.1 Å². The van der Waals surface area contributed by atoms with Crippen LogP contribution in [0.15, 0.2) is 78.9 Å². The first-order valence-electron chi connectivity index (χ1n) is 22.2. The summed E-state index contributed by atoms with van der Waals surface area (Å²) in [5, 5.41) is 12.4. The standard InChI is InChI=1S/C50H69N4O7P/c1-8-9-10-15-21-47(55)52-34-17-12-16-22-48(56)53-35-31-49(32-36-53,39-61-62(60-37-18-33-51)54(40(2)3)41(4)5)38-59-50(42-19-13-11-14-20-42,43-23-27-45(57-6)28-24-43)44-25-29-46(58-7)30-26-44/h1,11,13-14,19-20,23-30,40-41H,9-10,12,15-18,21-22,31-32,34-39H2,2-7H3,(H,52,55). The molecule has 1 fully saturated rings. The molecule has 1 saturated heterocycles. The van der Waals surface area contributed by atoms with Gasteiger partial charge >= 0.3 is 0 Å². The van der Waals surface area contributed by atoms with Crippen LogP contribution in [0.3, 0.4) is 0 Å². The largest absolute Gasteiger partial charge is 0.497 e. The third kappa shape index (κ3) is 14.5. The van der Waals surface area contributed by atoms with Crippen molar-refractivity contribution in [3.63, 3.8) is 0 Å². The number of hydrogen-bond acceptors (Lipinski definition) is 9. The highest BCUT2D eigenvalue weighted by molar-refractivity contribution is 7.44. The average molecular weight is 869 g/mol. The number of unbranched alkanes of at least 4 members (excludes halogenated alkanes) is 4. The summed E-state index contributed by atoms with van der Waals surface area (Å²) in [4.78, 5) is 27.8. The highest BCUT2D eigenvalue weighted by atomic mass is 31.2. The molecule has 12 heteroatoms. The number of amides is 2. The van der Waals surface area contributed by atoms with Gasteiger partial charge in [0, 0.05) is 56.4 Å². The van der Waals surface area contributed by atoms with Crippen LogP contribution < -0.4 is 14.8 Å². The number of ether oxygens (including phenoxy) is 3. The molecule has 0 radical (unpaired) electrons. The van der Waals surface area contributed by atoms with Gasteiger partial charge in [-0.3, -0.25) is 9.59 Å². The predicted molar refractivity (Wildman–Crippen MR) is 246 cm³/mol. The number of terminal acetylenes is 1. The minimum Gasteiger partial charge on any atom is -0.497 e. The number of nitriles is 1. The lowest BCUT2D eigenvalue weighted by molar-refractivity contribution is -0.136. The number of nitrogens with one attached hydrogen (secondary N) is 1. The van der Waals surface area contributed by atoms with Gasteiger partial charge in [0.05, 0.1) is 46.5 Å². The zero-order chi connectivity index (χ0) is 44.8. The maximum absolute atomic E-state index is 13.7. The van der Waals surface area contributed by atoms with Gasteiger partial charge in [0.1, 0.15) is 17.1 Å². The van der Waals surface area contributed by atoms with Crippen molar-refractivity contribution in [1.82, 2.24) is 14.9 Å². The molecular weight excluding hydrogens is 800 g/mol. The second-order valence-corrected chi connectivity index (χ2v) is 18.0. The van der Waals surface area contributed by atoms with Crippen molar-refractivity contribution in [2.24, 2.45) is 5.41 Å². The fourth-order valence-corrected chi connectivity index (χ4v) is 9.69. The maximum atomic E-state index is 13.7. The molecule has 2 amide bonds. The Kier molecular flexibility index (Phi) is 21.2. The molecule has 1 N–H and O–H groups in total. The molecule has 0 bridgehead atoms. The highest BCUT2D eigenvalue weighted by Gasteiger charge is 2.44. The van der Waals surface area contributed by atoms with E-state index in [4.69, 9.17) is 29.7 Å². The van der Waals surface area contributed by atoms with Crippen molar-refractivity contribution in [2.45, 2.75) is 116 Å². The normalized spacial score (nSPS) is 14.3. The monoisotopic (exact) mass is 868 g/mol. The van der Waals surface area contributed by atoms with E-state index >= 15 is 0 Å². The van der Waals surface area contributed by atoms with Gasteiger partial charge in [-0.1, -0.05) is 61.0 Å². The first-order chi connectivity index (χ1) is 30.0. The molecule has 11 nitrogen and oxygen atoms in total. The van der Waals surface area contributed by atoms with Crippen molar-refractivity contribution >= 4 is 20.3 Å². The number of methoxy groups -OCH3 is 2. The Morgan fingerprint density at radius 2 is 1.37 bits per heavy atom. The average Bonchev–Trinajstić information content (AvgIpc) is 3.29. The predicted octanol–water partition coefficient (Wildman–Crippen LogP) is 9.78. The lowest BCUT2D eigenvalue weighted by Gasteiger charge is -2.45. The molecule has 0 saturated carbocycles. The fraction of sp³-hybridized carbons (Fsp3) is 0.540. The summed E-state index contributed by atoms with van der Waals surface area (Å²) in [5.41, 5.74) is 1.31. The molecule has 4 rings (SSSR count). The van der Waals surface area contributed by atoms with Gasteiger partial charge in [-0.15, -0.1) is 12.3 Å². The van der Waals surface area contributed by atoms with Crippen LogP contribution in [0.1, 0.15) is 115 Å². The molecule has 0 aromatic heterocycles. The number of benzene rings is 3. The van der Waals surface area contributed by atoms with E-state index in [2.05, 4.69) is 86.1 Å². The molecule has 1 unspecified atom stereocenters. The van der Waals surface area contributed by atoms with Gasteiger partial charge in [-0.25, -0.2) is 4.67 Å². The molecule has 1 aliphatic heterocycles. The first-order valence-corrected chi connectivity index (χ1v) is 23.3. The van der Waals surface area contributed by atoms with Gasteiger partial charge < -0.3 is 33.5 Å². The van der Waals surface area contributed by atoms with Crippen molar-refractivity contribution < 1.29 is 32.8 Å². The van der Waals surface area contributed by atoms with Crippen LogP contribution in [0.5, 0.6) is 11.5 Å². The maximum Gasteiger partial charge on any atom is 0.259 e. The van der Waals surface area contributed by atoms with E-state index in [1.54, 1.807) is 14.2 Å². The number of carbonyl (C=O) groups is 2. The third-order valence-corrected chi connectivity index (χ3v) is 13.5. The number of nitrogens with zero attached hydrogens (tertiary/aromatic N) is 3. The summed E-state index contributed by atoms with van der Waals surface area (Å²) in [6, 6.07) is 28.8. The van der Waals surface area contributed by atoms with Crippen LogP contribution >= 0.6 is 8.53 Å². The van der Waals surface area contributed by atoms with E-state index in [1.165, 1.54) is 0 Å².